The van der Waals surface area contributed by atoms with E-state index in [0.29, 0.717) is 28.9 Å². The minimum absolute atomic E-state index is 0. The molecule has 2 aromatic heterocycles. The van der Waals surface area contributed by atoms with Crippen molar-refractivity contribution in [1.82, 2.24) is 9.55 Å². The van der Waals surface area contributed by atoms with Gasteiger partial charge in [0.05, 0.1) is 11.6 Å². The zero-order valence-corrected chi connectivity index (χ0v) is 35.3. The Labute approximate surface area is 345 Å². The Morgan fingerprint density at radius 3 is 2.09 bits per heavy atom. The van der Waals surface area contributed by atoms with E-state index in [1.54, 1.807) is 0 Å². The van der Waals surface area contributed by atoms with E-state index in [-0.39, 0.29) is 26.5 Å². The summed E-state index contributed by atoms with van der Waals surface area (Å²) >= 11 is 0. The summed E-state index contributed by atoms with van der Waals surface area (Å²) in [5.41, 5.74) is 10.4. The van der Waals surface area contributed by atoms with E-state index in [1.807, 2.05) is 24.4 Å². The van der Waals surface area contributed by atoms with Gasteiger partial charge in [-0.3, -0.25) is 0 Å². The third-order valence-corrected chi connectivity index (χ3v) is 10.2. The van der Waals surface area contributed by atoms with E-state index in [0.717, 1.165) is 63.2 Å². The Kier molecular flexibility index (Phi) is 10.9. The second-order valence-corrected chi connectivity index (χ2v) is 16.4. The minimum atomic E-state index is -0.0195. The molecule has 0 unspecified atom stereocenters. The van der Waals surface area contributed by atoms with Crippen molar-refractivity contribution in [1.29, 1.82) is 5.26 Å². The molecule has 0 fully saturated rings. The quantitative estimate of drug-likeness (QED) is 0.135. The van der Waals surface area contributed by atoms with Gasteiger partial charge in [-0.25, -0.2) is 4.98 Å². The molecule has 7 heteroatoms. The number of para-hydroxylation sites is 3. The van der Waals surface area contributed by atoms with Gasteiger partial charge in [-0.05, 0) is 94.6 Å². The van der Waals surface area contributed by atoms with Crippen LogP contribution in [0.15, 0.2) is 109 Å². The molecule has 3 heterocycles. The van der Waals surface area contributed by atoms with Crippen LogP contribution in [-0.4, -0.2) is 9.55 Å². The van der Waals surface area contributed by atoms with Gasteiger partial charge in [0, 0.05) is 61.3 Å². The van der Waals surface area contributed by atoms with E-state index >= 15 is 0 Å². The monoisotopic (exact) mass is 915 g/mol. The summed E-state index contributed by atoms with van der Waals surface area (Å²) in [6.07, 6.45) is 3.63. The molecule has 0 spiro atoms. The average molecular weight is 916 g/mol. The van der Waals surface area contributed by atoms with Crippen LogP contribution >= 0.6 is 0 Å². The van der Waals surface area contributed by atoms with Crippen molar-refractivity contribution < 1.29 is 25.8 Å². The van der Waals surface area contributed by atoms with Gasteiger partial charge in [0.25, 0.3) is 0 Å². The van der Waals surface area contributed by atoms with E-state index in [1.165, 1.54) is 16.7 Å². The molecular weight excluding hydrogens is 870 g/mol. The average Bonchev–Trinajstić information content (AvgIpc) is 3.70. The summed E-state index contributed by atoms with van der Waals surface area (Å²) in [4.78, 5) is 9.31. The third kappa shape index (κ3) is 7.46. The first kappa shape index (κ1) is 38.9. The SMILES string of the molecule is CC(C)Cc1cc(C#N)cc(CC(C)C)c1N1[CH-]N(c2[c-]c(Oc3[c-]c4c(cc3)c3ccccc3n4-c3cc(C(C)(C)C)ccn3)ccc2)c2ccccc21.[Pt]. The van der Waals surface area contributed by atoms with Gasteiger partial charge in [-0.2, -0.15) is 17.4 Å². The molecule has 0 radical (unpaired) electrons. The topological polar surface area (TPSA) is 57.3 Å². The fourth-order valence-corrected chi connectivity index (χ4v) is 7.74. The number of benzene rings is 5. The van der Waals surface area contributed by atoms with Crippen LogP contribution in [0, 0.1) is 42.0 Å². The molecule has 56 heavy (non-hydrogen) atoms. The Morgan fingerprint density at radius 1 is 0.750 bits per heavy atom. The molecule has 0 amide bonds. The smallest absolute Gasteiger partial charge is 0.135 e. The second kappa shape index (κ2) is 15.6. The van der Waals surface area contributed by atoms with Crippen molar-refractivity contribution in [3.8, 4) is 23.4 Å². The zero-order chi connectivity index (χ0) is 38.4. The molecule has 286 valence electrons. The van der Waals surface area contributed by atoms with Crippen molar-refractivity contribution in [2.45, 2.75) is 66.7 Å². The Hall–Kier alpha value is -5.37. The first-order valence-electron chi connectivity index (χ1n) is 19.2. The molecule has 8 rings (SSSR count). The normalized spacial score (nSPS) is 12.7. The van der Waals surface area contributed by atoms with Crippen LogP contribution in [-0.2, 0) is 39.3 Å². The predicted octanol–water partition coefficient (Wildman–Crippen LogP) is 12.5. The predicted molar refractivity (Wildman–Crippen MR) is 225 cm³/mol. The number of anilines is 4. The van der Waals surface area contributed by atoms with Crippen LogP contribution in [0.25, 0.3) is 27.6 Å². The summed E-state index contributed by atoms with van der Waals surface area (Å²) < 4.78 is 8.76. The Bertz CT molecular complexity index is 2560. The first-order chi connectivity index (χ1) is 26.5. The van der Waals surface area contributed by atoms with Crippen molar-refractivity contribution in [2.24, 2.45) is 11.8 Å². The van der Waals surface area contributed by atoms with E-state index in [4.69, 9.17) is 9.72 Å². The van der Waals surface area contributed by atoms with Gasteiger partial charge in [0.2, 0.25) is 0 Å². The fourth-order valence-electron chi connectivity index (χ4n) is 7.74. The van der Waals surface area contributed by atoms with Crippen molar-refractivity contribution in [3.05, 3.63) is 150 Å². The number of pyridine rings is 1. The molecule has 0 saturated carbocycles. The van der Waals surface area contributed by atoms with Gasteiger partial charge in [0.1, 0.15) is 5.82 Å². The number of fused-ring (bicyclic) bond motifs is 4. The first-order valence-corrected chi connectivity index (χ1v) is 19.2. The maximum Gasteiger partial charge on any atom is 0.135 e. The maximum absolute atomic E-state index is 9.98. The van der Waals surface area contributed by atoms with Crippen molar-refractivity contribution >= 4 is 44.6 Å². The molecule has 0 atom stereocenters. The molecule has 0 saturated heterocycles. The van der Waals surface area contributed by atoms with Gasteiger partial charge >= 0.3 is 0 Å². The van der Waals surface area contributed by atoms with E-state index in [2.05, 4.69) is 173 Å². The largest absolute Gasteiger partial charge is 0.509 e. The van der Waals surface area contributed by atoms with E-state index in [9.17, 15) is 5.26 Å². The van der Waals surface area contributed by atoms with Crippen LogP contribution in [0.3, 0.4) is 0 Å². The number of hydrogen-bond acceptors (Lipinski definition) is 5. The molecule has 1 aliphatic rings. The number of hydrogen-bond donors (Lipinski definition) is 0. The summed E-state index contributed by atoms with van der Waals surface area (Å²) in [5, 5.41) is 12.2. The van der Waals surface area contributed by atoms with Crippen molar-refractivity contribution in [2.75, 3.05) is 9.80 Å². The molecule has 0 N–H and O–H groups in total. The van der Waals surface area contributed by atoms with Crippen LogP contribution in [0.1, 0.15) is 70.7 Å². The van der Waals surface area contributed by atoms with Crippen molar-refractivity contribution in [3.63, 3.8) is 0 Å². The molecule has 1 aliphatic heterocycles. The maximum atomic E-state index is 9.98. The zero-order valence-electron chi connectivity index (χ0n) is 33.0. The van der Waals surface area contributed by atoms with Crippen LogP contribution in [0.2, 0.25) is 0 Å². The number of ether oxygens (including phenoxy) is 1. The van der Waals surface area contributed by atoms with Gasteiger partial charge < -0.3 is 19.1 Å². The van der Waals surface area contributed by atoms with Gasteiger partial charge in [0.15, 0.2) is 0 Å². The number of nitriles is 1. The van der Waals surface area contributed by atoms with Crippen LogP contribution in [0.5, 0.6) is 11.5 Å². The third-order valence-electron chi connectivity index (χ3n) is 10.2. The molecule has 5 aromatic carbocycles. The Morgan fingerprint density at radius 2 is 1.41 bits per heavy atom. The fraction of sp³-hybridized carbons (Fsp3) is 0.245. The number of aromatic nitrogens is 2. The van der Waals surface area contributed by atoms with E-state index < -0.39 is 0 Å². The van der Waals surface area contributed by atoms with Crippen LogP contribution in [0.4, 0.5) is 22.7 Å². The number of nitrogens with zero attached hydrogens (tertiary/aromatic N) is 5. The summed E-state index contributed by atoms with van der Waals surface area (Å²) in [6.45, 7) is 17.7. The minimum Gasteiger partial charge on any atom is -0.509 e. The second-order valence-electron chi connectivity index (χ2n) is 16.4. The standard InChI is InChI=1S/C49H46N5O.Pt/c1-32(2)23-35-25-34(30-50)26-36(24-33(3)4)48(35)53-31-52(44-17-10-11-18-45(44)53)38-13-12-14-39(28-38)55-40-19-20-42-41-15-8-9-16-43(41)54(46(42)29-40)47-27-37(21-22-51-47)49(5,6)7;/h8-22,25-27,31-33H,23-24H2,1-7H3;/q-3;. The molecule has 6 nitrogen and oxygen atoms in total. The molecule has 7 aromatic rings. The number of rotatable bonds is 9. The van der Waals surface area contributed by atoms with Gasteiger partial charge in [-0.1, -0.05) is 84.3 Å². The summed E-state index contributed by atoms with van der Waals surface area (Å²) in [6, 6.07) is 45.0. The molecule has 0 aliphatic carbocycles. The Balaban J connectivity index is 0.00000480. The summed E-state index contributed by atoms with van der Waals surface area (Å²) in [7, 11) is 0. The van der Waals surface area contributed by atoms with Gasteiger partial charge in [-0.15, -0.1) is 48.1 Å². The summed E-state index contributed by atoms with van der Waals surface area (Å²) in [5.74, 6) is 2.89. The van der Waals surface area contributed by atoms with Crippen LogP contribution < -0.4 is 14.5 Å². The molecule has 0 bridgehead atoms. The molecular formula is C49H46N5OPt-3.